The second-order valence-electron chi connectivity index (χ2n) is 6.43. The molecule has 0 aromatic heterocycles. The van der Waals surface area contributed by atoms with E-state index in [0.717, 1.165) is 6.42 Å². The van der Waals surface area contributed by atoms with Crippen LogP contribution in [0.2, 0.25) is 0 Å². The van der Waals surface area contributed by atoms with E-state index in [0.29, 0.717) is 13.2 Å². The molecule has 1 fully saturated rings. The lowest BCUT2D eigenvalue weighted by Crippen LogP contribution is -2.52. The monoisotopic (exact) mass is 286 g/mol. The summed E-state index contributed by atoms with van der Waals surface area (Å²) in [5.41, 5.74) is -0.568. The summed E-state index contributed by atoms with van der Waals surface area (Å²) in [5.74, 6) is -0.458. The summed E-state index contributed by atoms with van der Waals surface area (Å²) in [7, 11) is 0. The number of hydrogen-bond acceptors (Lipinski definition) is 4. The van der Waals surface area contributed by atoms with Gasteiger partial charge in [-0.15, -0.1) is 0 Å². The van der Waals surface area contributed by atoms with E-state index in [1.54, 1.807) is 20.8 Å². The quantitative estimate of drug-likeness (QED) is 0.767. The average molecular weight is 286 g/mol. The zero-order chi connectivity index (χ0) is 15.3. The first-order valence-corrected chi connectivity index (χ1v) is 7.06. The number of urea groups is 1. The van der Waals surface area contributed by atoms with Crippen molar-refractivity contribution in [2.45, 2.75) is 58.7 Å². The Bertz CT molecular complexity index is 344. The Hall–Kier alpha value is -1.30. The van der Waals surface area contributed by atoms with E-state index in [9.17, 15) is 9.59 Å². The van der Waals surface area contributed by atoms with Crippen molar-refractivity contribution in [3.05, 3.63) is 0 Å². The predicted octanol–water partition coefficient (Wildman–Crippen LogP) is 1.44. The van der Waals surface area contributed by atoms with E-state index in [-0.39, 0.29) is 18.0 Å². The minimum Gasteiger partial charge on any atom is -0.458 e. The van der Waals surface area contributed by atoms with Crippen LogP contribution in [0.3, 0.4) is 0 Å². The van der Waals surface area contributed by atoms with Crippen LogP contribution >= 0.6 is 0 Å². The van der Waals surface area contributed by atoms with Gasteiger partial charge in [-0.25, -0.2) is 9.59 Å². The van der Waals surface area contributed by atoms with Gasteiger partial charge in [0.25, 0.3) is 0 Å². The summed E-state index contributed by atoms with van der Waals surface area (Å²) in [6.07, 6.45) is 0.798. The van der Waals surface area contributed by atoms with Crippen LogP contribution in [0.15, 0.2) is 0 Å². The van der Waals surface area contributed by atoms with E-state index in [2.05, 4.69) is 10.6 Å². The molecule has 0 aromatic rings. The predicted molar refractivity (Wildman–Crippen MR) is 75.4 cm³/mol. The smallest absolute Gasteiger partial charge is 0.329 e. The first kappa shape index (κ1) is 16.8. The average Bonchev–Trinajstić information content (AvgIpc) is 2.75. The van der Waals surface area contributed by atoms with Crippen molar-refractivity contribution in [1.29, 1.82) is 0 Å². The molecule has 6 nitrogen and oxygen atoms in total. The molecule has 0 aromatic carbocycles. The van der Waals surface area contributed by atoms with Crippen molar-refractivity contribution < 1.29 is 19.1 Å². The molecule has 116 valence electrons. The maximum Gasteiger partial charge on any atom is 0.329 e. The number of ether oxygens (including phenoxy) is 2. The van der Waals surface area contributed by atoms with Crippen molar-refractivity contribution >= 4 is 12.0 Å². The molecule has 2 atom stereocenters. The second-order valence-corrected chi connectivity index (χ2v) is 6.43. The zero-order valence-corrected chi connectivity index (χ0v) is 13.0. The van der Waals surface area contributed by atoms with E-state index < -0.39 is 17.6 Å². The molecular weight excluding hydrogens is 260 g/mol. The first-order valence-electron chi connectivity index (χ1n) is 7.06. The summed E-state index contributed by atoms with van der Waals surface area (Å²) < 4.78 is 10.5. The summed E-state index contributed by atoms with van der Waals surface area (Å²) >= 11 is 0. The molecule has 1 heterocycles. The van der Waals surface area contributed by atoms with Gasteiger partial charge >= 0.3 is 12.0 Å². The highest BCUT2D eigenvalue weighted by molar-refractivity contribution is 5.84. The van der Waals surface area contributed by atoms with Crippen molar-refractivity contribution in [1.82, 2.24) is 10.6 Å². The Morgan fingerprint density at radius 2 is 1.95 bits per heavy atom. The third-order valence-electron chi connectivity index (χ3n) is 2.88. The van der Waals surface area contributed by atoms with Gasteiger partial charge in [-0.2, -0.15) is 0 Å². The van der Waals surface area contributed by atoms with Crippen LogP contribution in [-0.2, 0) is 14.3 Å². The van der Waals surface area contributed by atoms with Crippen LogP contribution in [0, 0.1) is 5.92 Å². The highest BCUT2D eigenvalue weighted by Gasteiger charge is 2.30. The number of carbonyl (C=O) groups is 2. The van der Waals surface area contributed by atoms with Crippen molar-refractivity contribution in [2.75, 3.05) is 13.2 Å². The lowest BCUT2D eigenvalue weighted by atomic mass is 10.0. The minimum atomic E-state index is -0.656. The molecule has 2 N–H and O–H groups in total. The minimum absolute atomic E-state index is 0.0152. The molecule has 1 rings (SSSR count). The van der Waals surface area contributed by atoms with E-state index in [4.69, 9.17) is 9.47 Å². The van der Waals surface area contributed by atoms with Gasteiger partial charge in [0.05, 0.1) is 12.6 Å². The fourth-order valence-electron chi connectivity index (χ4n) is 1.88. The van der Waals surface area contributed by atoms with Gasteiger partial charge in [0, 0.05) is 6.61 Å². The van der Waals surface area contributed by atoms with Crippen LogP contribution in [0.4, 0.5) is 4.79 Å². The summed E-state index contributed by atoms with van der Waals surface area (Å²) in [5, 5.41) is 5.48. The van der Waals surface area contributed by atoms with E-state index in [1.807, 2.05) is 13.8 Å². The summed E-state index contributed by atoms with van der Waals surface area (Å²) in [6, 6.07) is -0.997. The number of rotatable bonds is 4. The maximum absolute atomic E-state index is 12.1. The third-order valence-corrected chi connectivity index (χ3v) is 2.88. The Morgan fingerprint density at radius 1 is 1.30 bits per heavy atom. The van der Waals surface area contributed by atoms with Gasteiger partial charge < -0.3 is 20.1 Å². The fourth-order valence-corrected chi connectivity index (χ4v) is 1.88. The van der Waals surface area contributed by atoms with Gasteiger partial charge in [-0.3, -0.25) is 0 Å². The number of nitrogens with one attached hydrogen (secondary N) is 2. The molecule has 1 unspecified atom stereocenters. The molecule has 0 bridgehead atoms. The number of carbonyl (C=O) groups excluding carboxylic acids is 2. The molecule has 6 heteroatoms. The Morgan fingerprint density at radius 3 is 2.40 bits per heavy atom. The lowest BCUT2D eigenvalue weighted by Gasteiger charge is -2.27. The highest BCUT2D eigenvalue weighted by Crippen LogP contribution is 2.12. The number of hydrogen-bond donors (Lipinski definition) is 2. The van der Waals surface area contributed by atoms with Crippen LogP contribution in [0.25, 0.3) is 0 Å². The van der Waals surface area contributed by atoms with Gasteiger partial charge in [-0.05, 0) is 33.1 Å². The van der Waals surface area contributed by atoms with Gasteiger partial charge in [0.2, 0.25) is 0 Å². The van der Waals surface area contributed by atoms with Crippen LogP contribution in [0.1, 0.15) is 41.0 Å². The van der Waals surface area contributed by atoms with Crippen molar-refractivity contribution in [3.63, 3.8) is 0 Å². The van der Waals surface area contributed by atoms with Gasteiger partial charge in [0.1, 0.15) is 11.6 Å². The van der Waals surface area contributed by atoms with Crippen LogP contribution in [0.5, 0.6) is 0 Å². The van der Waals surface area contributed by atoms with Crippen molar-refractivity contribution in [2.24, 2.45) is 5.92 Å². The molecule has 0 radical (unpaired) electrons. The third kappa shape index (κ3) is 5.77. The second kappa shape index (κ2) is 6.92. The Kier molecular flexibility index (Phi) is 5.80. The maximum atomic E-state index is 12.1. The van der Waals surface area contributed by atoms with Crippen LogP contribution in [-0.4, -0.2) is 42.9 Å². The van der Waals surface area contributed by atoms with E-state index in [1.165, 1.54) is 0 Å². The molecule has 20 heavy (non-hydrogen) atoms. The molecule has 2 amide bonds. The van der Waals surface area contributed by atoms with Crippen LogP contribution < -0.4 is 10.6 Å². The summed E-state index contributed by atoms with van der Waals surface area (Å²) in [6.45, 7) is 10.3. The highest BCUT2D eigenvalue weighted by atomic mass is 16.6. The first-order chi connectivity index (χ1) is 9.19. The van der Waals surface area contributed by atoms with E-state index >= 15 is 0 Å². The molecule has 1 saturated heterocycles. The van der Waals surface area contributed by atoms with Gasteiger partial charge in [-0.1, -0.05) is 13.8 Å². The number of esters is 1. The Balaban J connectivity index is 2.53. The Labute approximate surface area is 120 Å². The zero-order valence-electron chi connectivity index (χ0n) is 13.0. The normalized spacial score (nSPS) is 20.6. The molecule has 0 aliphatic carbocycles. The molecule has 1 aliphatic rings. The molecule has 1 aliphatic heterocycles. The lowest BCUT2D eigenvalue weighted by molar-refractivity contribution is -0.158. The fraction of sp³-hybridized carbons (Fsp3) is 0.857. The van der Waals surface area contributed by atoms with Gasteiger partial charge in [0.15, 0.2) is 0 Å². The standard InChI is InChI=1S/C14H26N2O4/c1-9(2)11(12(17)20-14(3,4)5)16-13(18)15-10-6-7-19-8-10/h9-11H,6-8H2,1-5H3,(H2,15,16,18)/t10?,11-/m1/s1. The molecular formula is C14H26N2O4. The summed E-state index contributed by atoms with van der Waals surface area (Å²) in [4.78, 5) is 24.0. The van der Waals surface area contributed by atoms with Crippen molar-refractivity contribution in [3.8, 4) is 0 Å². The largest absolute Gasteiger partial charge is 0.458 e. The molecule has 0 spiro atoms. The topological polar surface area (TPSA) is 76.7 Å². The SMILES string of the molecule is CC(C)[C@@H](NC(=O)NC1CCOC1)C(=O)OC(C)(C)C. The number of amides is 2. The molecule has 0 saturated carbocycles.